The van der Waals surface area contributed by atoms with Gasteiger partial charge in [-0.25, -0.2) is 9.78 Å². The van der Waals surface area contributed by atoms with Crippen molar-refractivity contribution >= 4 is 17.5 Å². The fourth-order valence-corrected chi connectivity index (χ4v) is 2.01. The van der Waals surface area contributed by atoms with E-state index in [1.54, 1.807) is 0 Å². The number of imidazole rings is 1. The normalized spacial score (nSPS) is 10.2. The summed E-state index contributed by atoms with van der Waals surface area (Å²) in [6.45, 7) is 3.78. The lowest BCUT2D eigenvalue weighted by Crippen LogP contribution is -2.11. The van der Waals surface area contributed by atoms with Crippen molar-refractivity contribution in [1.29, 1.82) is 0 Å². The number of ether oxygens (including phenoxy) is 1. The summed E-state index contributed by atoms with van der Waals surface area (Å²) in [5.74, 6) is 0. The Morgan fingerprint density at radius 2 is 2.19 bits per heavy atom. The van der Waals surface area contributed by atoms with Crippen molar-refractivity contribution in [3.8, 4) is 0 Å². The Bertz CT molecular complexity index is 595. The SMILES string of the molecule is CCCn1cncc1CNc1cccc(NC(=O)OC)c1. The van der Waals surface area contributed by atoms with E-state index in [4.69, 9.17) is 0 Å². The molecule has 0 aliphatic rings. The molecule has 0 bridgehead atoms. The molecule has 2 rings (SSSR count). The van der Waals surface area contributed by atoms with Gasteiger partial charge in [-0.3, -0.25) is 5.32 Å². The molecule has 1 aromatic heterocycles. The maximum Gasteiger partial charge on any atom is 0.411 e. The van der Waals surface area contributed by atoms with E-state index in [9.17, 15) is 4.79 Å². The zero-order valence-electron chi connectivity index (χ0n) is 12.3. The summed E-state index contributed by atoms with van der Waals surface area (Å²) in [7, 11) is 1.34. The zero-order chi connectivity index (χ0) is 15.1. The predicted octanol–water partition coefficient (Wildman–Crippen LogP) is 3.08. The van der Waals surface area contributed by atoms with Crippen LogP contribution in [-0.2, 0) is 17.8 Å². The molecule has 1 heterocycles. The van der Waals surface area contributed by atoms with E-state index in [0.29, 0.717) is 12.2 Å². The standard InChI is InChI=1S/C15H20N4O2/c1-3-7-19-11-16-9-14(19)10-17-12-5-4-6-13(8-12)18-15(20)21-2/h4-6,8-9,11,17H,3,7,10H2,1-2H3,(H,18,20). The summed E-state index contributed by atoms with van der Waals surface area (Å²) >= 11 is 0. The van der Waals surface area contributed by atoms with Crippen LogP contribution in [0.5, 0.6) is 0 Å². The van der Waals surface area contributed by atoms with Crippen molar-refractivity contribution in [1.82, 2.24) is 9.55 Å². The molecule has 0 unspecified atom stereocenters. The average molecular weight is 288 g/mol. The Morgan fingerprint density at radius 1 is 1.38 bits per heavy atom. The number of carbonyl (C=O) groups excluding carboxylic acids is 1. The van der Waals surface area contributed by atoms with Crippen LogP contribution in [0.15, 0.2) is 36.8 Å². The average Bonchev–Trinajstić information content (AvgIpc) is 2.93. The van der Waals surface area contributed by atoms with Gasteiger partial charge < -0.3 is 14.6 Å². The fourth-order valence-electron chi connectivity index (χ4n) is 2.01. The summed E-state index contributed by atoms with van der Waals surface area (Å²) in [6, 6.07) is 7.49. The maximum absolute atomic E-state index is 11.2. The van der Waals surface area contributed by atoms with Gasteiger partial charge in [0.15, 0.2) is 0 Å². The van der Waals surface area contributed by atoms with Gasteiger partial charge in [0.1, 0.15) is 0 Å². The largest absolute Gasteiger partial charge is 0.453 e. The molecule has 112 valence electrons. The molecule has 2 aromatic rings. The van der Waals surface area contributed by atoms with Gasteiger partial charge in [-0.2, -0.15) is 0 Å². The number of anilines is 2. The van der Waals surface area contributed by atoms with Gasteiger partial charge in [0.25, 0.3) is 0 Å². The molecule has 0 saturated heterocycles. The number of nitrogens with zero attached hydrogens (tertiary/aromatic N) is 2. The van der Waals surface area contributed by atoms with Gasteiger partial charge in [-0.15, -0.1) is 0 Å². The fraction of sp³-hybridized carbons (Fsp3) is 0.333. The van der Waals surface area contributed by atoms with Crippen LogP contribution < -0.4 is 10.6 Å². The highest BCUT2D eigenvalue weighted by atomic mass is 16.5. The minimum atomic E-state index is -0.479. The second-order valence-corrected chi connectivity index (χ2v) is 4.63. The molecule has 1 aromatic carbocycles. The van der Waals surface area contributed by atoms with E-state index in [1.807, 2.05) is 36.8 Å². The first-order chi connectivity index (χ1) is 10.2. The van der Waals surface area contributed by atoms with E-state index in [1.165, 1.54) is 7.11 Å². The topological polar surface area (TPSA) is 68.2 Å². The van der Waals surface area contributed by atoms with E-state index in [2.05, 4.69) is 31.8 Å². The number of hydrogen-bond acceptors (Lipinski definition) is 4. The molecule has 21 heavy (non-hydrogen) atoms. The third-order valence-electron chi connectivity index (χ3n) is 3.03. The summed E-state index contributed by atoms with van der Waals surface area (Å²) in [4.78, 5) is 15.4. The van der Waals surface area contributed by atoms with Gasteiger partial charge in [-0.05, 0) is 24.6 Å². The number of amides is 1. The van der Waals surface area contributed by atoms with Crippen molar-refractivity contribution < 1.29 is 9.53 Å². The minimum absolute atomic E-state index is 0.479. The zero-order valence-corrected chi connectivity index (χ0v) is 12.3. The molecule has 0 radical (unpaired) electrons. The Morgan fingerprint density at radius 3 is 2.95 bits per heavy atom. The van der Waals surface area contributed by atoms with Crippen molar-refractivity contribution in [2.45, 2.75) is 26.4 Å². The third-order valence-corrected chi connectivity index (χ3v) is 3.03. The molecular formula is C15H20N4O2. The molecule has 0 fully saturated rings. The van der Waals surface area contributed by atoms with Gasteiger partial charge in [-0.1, -0.05) is 13.0 Å². The lowest BCUT2D eigenvalue weighted by atomic mass is 10.2. The summed E-state index contributed by atoms with van der Waals surface area (Å²) in [5.41, 5.74) is 2.74. The van der Waals surface area contributed by atoms with Crippen molar-refractivity contribution in [2.24, 2.45) is 0 Å². The minimum Gasteiger partial charge on any atom is -0.453 e. The molecule has 0 atom stereocenters. The lowest BCUT2D eigenvalue weighted by Gasteiger charge is -2.10. The van der Waals surface area contributed by atoms with Crippen LogP contribution in [0, 0.1) is 0 Å². The van der Waals surface area contributed by atoms with E-state index < -0.39 is 6.09 Å². The van der Waals surface area contributed by atoms with Crippen LogP contribution in [0.2, 0.25) is 0 Å². The number of nitrogens with one attached hydrogen (secondary N) is 2. The van der Waals surface area contributed by atoms with E-state index in [-0.39, 0.29) is 0 Å². The highest BCUT2D eigenvalue weighted by molar-refractivity contribution is 5.85. The monoisotopic (exact) mass is 288 g/mol. The molecule has 0 spiro atoms. The second-order valence-electron chi connectivity index (χ2n) is 4.63. The number of rotatable bonds is 6. The molecule has 6 heteroatoms. The van der Waals surface area contributed by atoms with E-state index >= 15 is 0 Å². The lowest BCUT2D eigenvalue weighted by molar-refractivity contribution is 0.187. The Kier molecular flexibility index (Phi) is 5.20. The number of carbonyl (C=O) groups is 1. The molecule has 1 amide bonds. The van der Waals surface area contributed by atoms with Crippen LogP contribution in [0.3, 0.4) is 0 Å². The van der Waals surface area contributed by atoms with Crippen molar-refractivity contribution in [2.75, 3.05) is 17.7 Å². The summed E-state index contributed by atoms with van der Waals surface area (Å²) in [5, 5.41) is 5.96. The number of hydrogen-bond donors (Lipinski definition) is 2. The number of benzene rings is 1. The smallest absolute Gasteiger partial charge is 0.411 e. The third kappa shape index (κ3) is 4.24. The molecule has 0 aliphatic carbocycles. The Labute approximate surface area is 124 Å². The molecular weight excluding hydrogens is 268 g/mol. The summed E-state index contributed by atoms with van der Waals surface area (Å²) < 4.78 is 6.70. The number of aryl methyl sites for hydroxylation is 1. The van der Waals surface area contributed by atoms with E-state index in [0.717, 1.165) is 24.3 Å². The van der Waals surface area contributed by atoms with Crippen LogP contribution in [0.25, 0.3) is 0 Å². The molecule has 6 nitrogen and oxygen atoms in total. The Balaban J connectivity index is 1.98. The first kappa shape index (κ1) is 14.9. The van der Waals surface area contributed by atoms with Gasteiger partial charge in [0, 0.05) is 24.1 Å². The first-order valence-electron chi connectivity index (χ1n) is 6.91. The van der Waals surface area contributed by atoms with Gasteiger partial charge in [0.2, 0.25) is 0 Å². The summed E-state index contributed by atoms with van der Waals surface area (Å²) in [6.07, 6.45) is 4.30. The van der Waals surface area contributed by atoms with Gasteiger partial charge in [0.05, 0.1) is 25.7 Å². The second kappa shape index (κ2) is 7.33. The van der Waals surface area contributed by atoms with Crippen molar-refractivity contribution in [3.05, 3.63) is 42.5 Å². The van der Waals surface area contributed by atoms with Gasteiger partial charge >= 0.3 is 6.09 Å². The molecule has 0 saturated carbocycles. The number of methoxy groups -OCH3 is 1. The first-order valence-corrected chi connectivity index (χ1v) is 6.91. The quantitative estimate of drug-likeness (QED) is 0.857. The van der Waals surface area contributed by atoms with Crippen LogP contribution in [0.4, 0.5) is 16.2 Å². The van der Waals surface area contributed by atoms with Crippen LogP contribution >= 0.6 is 0 Å². The number of aromatic nitrogens is 2. The maximum atomic E-state index is 11.2. The van der Waals surface area contributed by atoms with Crippen LogP contribution in [-0.4, -0.2) is 22.8 Å². The Hall–Kier alpha value is -2.50. The van der Waals surface area contributed by atoms with Crippen LogP contribution in [0.1, 0.15) is 19.0 Å². The molecule has 2 N–H and O–H groups in total. The highest BCUT2D eigenvalue weighted by Crippen LogP contribution is 2.16. The molecule has 0 aliphatic heterocycles. The van der Waals surface area contributed by atoms with Crippen molar-refractivity contribution in [3.63, 3.8) is 0 Å². The predicted molar refractivity (Wildman–Crippen MR) is 82.3 cm³/mol. The highest BCUT2D eigenvalue weighted by Gasteiger charge is 2.03.